The second-order valence-corrected chi connectivity index (χ2v) is 5.70. The number of aromatic nitrogens is 2. The second-order valence-electron chi connectivity index (χ2n) is 5.70. The first kappa shape index (κ1) is 11.5. The minimum Gasteiger partial charge on any atom is -0.463 e. The lowest BCUT2D eigenvalue weighted by molar-refractivity contribution is 0.258. The summed E-state index contributed by atoms with van der Waals surface area (Å²) in [5.41, 5.74) is 10.5. The average Bonchev–Trinajstić information content (AvgIpc) is 3.08. The van der Waals surface area contributed by atoms with Gasteiger partial charge in [-0.15, -0.1) is 0 Å². The molecule has 1 spiro atoms. The lowest BCUT2D eigenvalue weighted by Crippen LogP contribution is -2.28. The number of nitrogens with zero attached hydrogens (tertiary/aromatic N) is 3. The van der Waals surface area contributed by atoms with E-state index in [1.807, 2.05) is 24.1 Å². The molecule has 2 heterocycles. The van der Waals surface area contributed by atoms with Crippen molar-refractivity contribution in [3.63, 3.8) is 0 Å². The summed E-state index contributed by atoms with van der Waals surface area (Å²) in [5.74, 6) is 0. The van der Waals surface area contributed by atoms with Crippen molar-refractivity contribution in [2.45, 2.75) is 18.4 Å². The third-order valence-corrected chi connectivity index (χ3v) is 4.12. The third-order valence-electron chi connectivity index (χ3n) is 4.12. The van der Waals surface area contributed by atoms with Crippen LogP contribution in [0.2, 0.25) is 0 Å². The SMILES string of the molecule is Cn1cc(-c2ccc3c(c2)CC2(COC(N)=N2)C3)cn1. The zero-order chi connectivity index (χ0) is 13.7. The van der Waals surface area contributed by atoms with E-state index in [4.69, 9.17) is 10.5 Å². The number of fused-ring (bicyclic) bond motifs is 1. The van der Waals surface area contributed by atoms with E-state index >= 15 is 0 Å². The maximum Gasteiger partial charge on any atom is 0.282 e. The average molecular weight is 268 g/mol. The first-order chi connectivity index (χ1) is 9.63. The molecule has 2 aromatic rings. The monoisotopic (exact) mass is 268 g/mol. The van der Waals surface area contributed by atoms with Crippen LogP contribution in [0.4, 0.5) is 0 Å². The van der Waals surface area contributed by atoms with Crippen molar-refractivity contribution in [3.05, 3.63) is 41.7 Å². The fourth-order valence-corrected chi connectivity index (χ4v) is 3.17. The van der Waals surface area contributed by atoms with E-state index in [1.165, 1.54) is 16.7 Å². The van der Waals surface area contributed by atoms with Gasteiger partial charge in [-0.25, -0.2) is 4.99 Å². The highest BCUT2D eigenvalue weighted by atomic mass is 16.5. The Labute approximate surface area is 117 Å². The van der Waals surface area contributed by atoms with Crippen LogP contribution < -0.4 is 5.73 Å². The Morgan fingerprint density at radius 2 is 2.10 bits per heavy atom. The summed E-state index contributed by atoms with van der Waals surface area (Å²) >= 11 is 0. The van der Waals surface area contributed by atoms with Crippen molar-refractivity contribution < 1.29 is 4.74 Å². The fourth-order valence-electron chi connectivity index (χ4n) is 3.17. The molecule has 2 N–H and O–H groups in total. The van der Waals surface area contributed by atoms with Crippen molar-refractivity contribution >= 4 is 6.02 Å². The van der Waals surface area contributed by atoms with Crippen molar-refractivity contribution in [2.75, 3.05) is 6.61 Å². The van der Waals surface area contributed by atoms with Gasteiger partial charge < -0.3 is 10.5 Å². The highest BCUT2D eigenvalue weighted by molar-refractivity contribution is 5.74. The molecule has 2 aliphatic rings. The maximum atomic E-state index is 5.66. The number of ether oxygens (including phenoxy) is 1. The number of benzene rings is 1. The molecule has 0 bridgehead atoms. The van der Waals surface area contributed by atoms with Gasteiger partial charge in [0.05, 0.1) is 6.20 Å². The quantitative estimate of drug-likeness (QED) is 0.847. The molecule has 0 fully saturated rings. The van der Waals surface area contributed by atoms with E-state index in [9.17, 15) is 0 Å². The van der Waals surface area contributed by atoms with Crippen LogP contribution >= 0.6 is 0 Å². The van der Waals surface area contributed by atoms with E-state index in [2.05, 4.69) is 28.3 Å². The van der Waals surface area contributed by atoms with Crippen molar-refractivity contribution in [1.82, 2.24) is 9.78 Å². The van der Waals surface area contributed by atoms with Gasteiger partial charge in [-0.05, 0) is 16.7 Å². The molecule has 1 unspecified atom stereocenters. The zero-order valence-electron chi connectivity index (χ0n) is 11.3. The molecule has 4 rings (SSSR count). The van der Waals surface area contributed by atoms with Gasteiger partial charge in [-0.1, -0.05) is 18.2 Å². The summed E-state index contributed by atoms with van der Waals surface area (Å²) in [5, 5.41) is 4.23. The smallest absolute Gasteiger partial charge is 0.282 e. The molecule has 20 heavy (non-hydrogen) atoms. The number of rotatable bonds is 1. The number of aryl methyl sites for hydroxylation is 1. The van der Waals surface area contributed by atoms with Crippen molar-refractivity contribution in [2.24, 2.45) is 17.8 Å². The molecule has 0 amide bonds. The first-order valence-corrected chi connectivity index (χ1v) is 6.73. The first-order valence-electron chi connectivity index (χ1n) is 6.73. The highest BCUT2D eigenvalue weighted by Gasteiger charge is 2.41. The summed E-state index contributed by atoms with van der Waals surface area (Å²) in [6.45, 7) is 0.593. The largest absolute Gasteiger partial charge is 0.463 e. The predicted molar refractivity (Wildman–Crippen MR) is 76.4 cm³/mol. The molecule has 0 radical (unpaired) electrons. The molecule has 1 aromatic heterocycles. The molecule has 0 saturated carbocycles. The Kier molecular flexibility index (Phi) is 2.22. The summed E-state index contributed by atoms with van der Waals surface area (Å²) in [4.78, 5) is 4.50. The Morgan fingerprint density at radius 3 is 2.80 bits per heavy atom. The number of nitrogens with two attached hydrogens (primary N) is 1. The Morgan fingerprint density at radius 1 is 1.25 bits per heavy atom. The summed E-state index contributed by atoms with van der Waals surface area (Å²) in [6, 6.07) is 6.91. The predicted octanol–water partition coefficient (Wildman–Crippen LogP) is 1.27. The lowest BCUT2D eigenvalue weighted by Gasteiger charge is -2.15. The van der Waals surface area contributed by atoms with E-state index < -0.39 is 0 Å². The molecule has 1 aliphatic carbocycles. The highest BCUT2D eigenvalue weighted by Crippen LogP contribution is 2.37. The second kappa shape index (κ2) is 3.85. The number of amidine groups is 1. The van der Waals surface area contributed by atoms with Gasteiger partial charge in [0, 0.05) is 31.6 Å². The molecule has 1 aliphatic heterocycles. The topological polar surface area (TPSA) is 65.4 Å². The minimum absolute atomic E-state index is 0.167. The number of hydrogen-bond acceptors (Lipinski definition) is 4. The van der Waals surface area contributed by atoms with Crippen molar-refractivity contribution in [1.29, 1.82) is 0 Å². The lowest BCUT2D eigenvalue weighted by atomic mass is 9.99. The van der Waals surface area contributed by atoms with Gasteiger partial charge in [-0.3, -0.25) is 4.68 Å². The molecule has 102 valence electrons. The summed E-state index contributed by atoms with van der Waals surface area (Å²) in [7, 11) is 1.93. The Hall–Kier alpha value is -2.30. The van der Waals surface area contributed by atoms with Crippen LogP contribution in [-0.4, -0.2) is 27.9 Å². The van der Waals surface area contributed by atoms with Crippen LogP contribution in [-0.2, 0) is 24.6 Å². The zero-order valence-corrected chi connectivity index (χ0v) is 11.3. The summed E-state index contributed by atoms with van der Waals surface area (Å²) in [6.07, 6.45) is 5.73. The van der Waals surface area contributed by atoms with E-state index in [1.54, 1.807) is 0 Å². The molecular formula is C15H16N4O. The molecule has 5 heteroatoms. The standard InChI is InChI=1S/C15H16N4O/c1-19-8-13(7-17-19)10-2-3-11-5-15(6-12(11)4-10)9-20-14(16)18-15/h2-4,7-8H,5-6,9H2,1H3,(H2,16,18). The van der Waals surface area contributed by atoms with Crippen LogP contribution in [0.15, 0.2) is 35.6 Å². The van der Waals surface area contributed by atoms with Gasteiger partial charge in [0.1, 0.15) is 12.1 Å². The van der Waals surface area contributed by atoms with E-state index in [0.29, 0.717) is 12.6 Å². The normalized spacial score (nSPS) is 23.8. The Balaban J connectivity index is 1.70. The van der Waals surface area contributed by atoms with Crippen LogP contribution in [0, 0.1) is 0 Å². The van der Waals surface area contributed by atoms with E-state index in [-0.39, 0.29) is 5.54 Å². The van der Waals surface area contributed by atoms with Crippen LogP contribution in [0.1, 0.15) is 11.1 Å². The fraction of sp³-hybridized carbons (Fsp3) is 0.333. The molecule has 5 nitrogen and oxygen atoms in total. The van der Waals surface area contributed by atoms with Gasteiger partial charge in [-0.2, -0.15) is 5.10 Å². The molecule has 1 atom stereocenters. The van der Waals surface area contributed by atoms with Crippen molar-refractivity contribution in [3.8, 4) is 11.1 Å². The maximum absolute atomic E-state index is 5.66. The van der Waals surface area contributed by atoms with Gasteiger partial charge in [0.15, 0.2) is 0 Å². The minimum atomic E-state index is -0.167. The van der Waals surface area contributed by atoms with E-state index in [0.717, 1.165) is 18.4 Å². The Bertz CT molecular complexity index is 718. The molecule has 1 aromatic carbocycles. The van der Waals surface area contributed by atoms with Crippen LogP contribution in [0.5, 0.6) is 0 Å². The van der Waals surface area contributed by atoms with Gasteiger partial charge in [0.25, 0.3) is 6.02 Å². The van der Waals surface area contributed by atoms with Gasteiger partial charge >= 0.3 is 0 Å². The molecular weight excluding hydrogens is 252 g/mol. The van der Waals surface area contributed by atoms with Crippen LogP contribution in [0.25, 0.3) is 11.1 Å². The summed E-state index contributed by atoms with van der Waals surface area (Å²) < 4.78 is 7.17. The third kappa shape index (κ3) is 1.70. The van der Waals surface area contributed by atoms with Crippen LogP contribution in [0.3, 0.4) is 0 Å². The van der Waals surface area contributed by atoms with Gasteiger partial charge in [0.2, 0.25) is 0 Å². The molecule has 0 saturated heterocycles. The number of aliphatic imine (C=N–C) groups is 1. The number of hydrogen-bond donors (Lipinski definition) is 1.